The minimum atomic E-state index is -1.34. The summed E-state index contributed by atoms with van der Waals surface area (Å²) in [7, 11) is 2.02. The third-order valence-electron chi connectivity index (χ3n) is 9.14. The number of esters is 2. The van der Waals surface area contributed by atoms with Crippen LogP contribution in [0.1, 0.15) is 108 Å². The molecule has 1 unspecified atom stereocenters. The van der Waals surface area contributed by atoms with Crippen LogP contribution in [-0.2, 0) is 28.5 Å². The molecule has 0 saturated carbocycles. The largest absolute Gasteiger partial charge is 0.465 e. The molecule has 0 aromatic heterocycles. The molecule has 0 spiro atoms. The van der Waals surface area contributed by atoms with E-state index in [0.29, 0.717) is 19.2 Å². The third kappa shape index (κ3) is 14.1. The van der Waals surface area contributed by atoms with Gasteiger partial charge in [0.05, 0.1) is 36.0 Å². The van der Waals surface area contributed by atoms with Crippen molar-refractivity contribution in [3.8, 4) is 0 Å². The fraction of sp³-hybridized carbons (Fsp3) is 0.561. The number of nitro benzene ring substituents is 2. The molecule has 2 saturated heterocycles. The Morgan fingerprint density at radius 1 is 0.698 bits per heavy atom. The number of piperazine rings is 1. The van der Waals surface area contributed by atoms with Crippen molar-refractivity contribution in [2.45, 2.75) is 105 Å². The van der Waals surface area contributed by atoms with Gasteiger partial charge in [-0.15, -0.1) is 0 Å². The number of hydrogen-bond donors (Lipinski definition) is 1. The number of ether oxygens (including phenoxy) is 4. The number of nitrogens with zero attached hydrogens (tertiary/aromatic N) is 4. The molecule has 2 fully saturated rings. The normalized spacial score (nSPS) is 17.6. The lowest BCUT2D eigenvalue weighted by molar-refractivity contribution is -0.387. The number of nitro groups is 2. The summed E-state index contributed by atoms with van der Waals surface area (Å²) in [6.45, 7) is 19.0. The fourth-order valence-corrected chi connectivity index (χ4v) is 6.53. The Morgan fingerprint density at radius 2 is 1.13 bits per heavy atom. The van der Waals surface area contributed by atoms with Gasteiger partial charge < -0.3 is 24.3 Å². The highest BCUT2D eigenvalue weighted by Gasteiger charge is 2.45. The van der Waals surface area contributed by atoms with E-state index in [4.69, 9.17) is 9.47 Å². The van der Waals surface area contributed by atoms with Gasteiger partial charge in [-0.1, -0.05) is 27.7 Å². The first-order valence-corrected chi connectivity index (χ1v) is 19.6. The van der Waals surface area contributed by atoms with Gasteiger partial charge in [0, 0.05) is 43.4 Å². The minimum Gasteiger partial charge on any atom is -0.465 e. The minimum absolute atomic E-state index is 0.0547. The lowest BCUT2D eigenvalue weighted by Gasteiger charge is -2.40. The number of piperidine rings is 1. The lowest BCUT2D eigenvalue weighted by atomic mass is 9.79. The number of nitrogens with one attached hydrogen (secondary N) is 1. The Hall–Kier alpha value is -6.35. The number of rotatable bonds is 7. The molecule has 1 N–H and O–H groups in total. The van der Waals surface area contributed by atoms with Gasteiger partial charge in [-0.05, 0) is 65.9 Å². The van der Waals surface area contributed by atoms with E-state index < -0.39 is 109 Å². The fourth-order valence-electron chi connectivity index (χ4n) is 6.53. The second kappa shape index (κ2) is 21.6. The molecule has 348 valence electrons. The summed E-state index contributed by atoms with van der Waals surface area (Å²) in [6.07, 6.45) is -1.01. The summed E-state index contributed by atoms with van der Waals surface area (Å²) in [5, 5.41) is 24.7. The average molecular weight is 898 g/mol. The highest BCUT2D eigenvalue weighted by Crippen LogP contribution is 2.38. The molecule has 22 heteroatoms. The predicted octanol–water partition coefficient (Wildman–Crippen LogP) is 6.88. The van der Waals surface area contributed by atoms with Crippen molar-refractivity contribution in [3.05, 3.63) is 78.6 Å². The molecule has 3 amide bonds. The van der Waals surface area contributed by atoms with Gasteiger partial charge in [0.2, 0.25) is 11.7 Å². The van der Waals surface area contributed by atoms with Crippen LogP contribution in [0.5, 0.6) is 0 Å². The molecule has 2 aromatic carbocycles. The number of hydrogen-bond acceptors (Lipinski definition) is 14. The number of amides is 3. The molecular formula is C41H54F3N5O14. The predicted molar refractivity (Wildman–Crippen MR) is 217 cm³/mol. The molecule has 2 heterocycles. The zero-order valence-corrected chi connectivity index (χ0v) is 37.2. The van der Waals surface area contributed by atoms with E-state index in [1.54, 1.807) is 34.6 Å². The molecule has 4 rings (SSSR count). The van der Waals surface area contributed by atoms with Crippen molar-refractivity contribution in [3.63, 3.8) is 0 Å². The topological polar surface area (TPSA) is 244 Å². The van der Waals surface area contributed by atoms with Crippen LogP contribution in [0, 0.1) is 49.5 Å². The van der Waals surface area contributed by atoms with E-state index in [2.05, 4.69) is 14.8 Å². The summed E-state index contributed by atoms with van der Waals surface area (Å²) in [6, 6.07) is 1.07. The number of halogens is 3. The van der Waals surface area contributed by atoms with Gasteiger partial charge in [-0.3, -0.25) is 39.6 Å². The lowest BCUT2D eigenvalue weighted by Crippen LogP contribution is -2.59. The first kappa shape index (κ1) is 52.8. The monoisotopic (exact) mass is 897 g/mol. The Balaban J connectivity index is 0.000000359. The van der Waals surface area contributed by atoms with Gasteiger partial charge in [0.1, 0.15) is 40.0 Å². The van der Waals surface area contributed by atoms with Gasteiger partial charge in [0.25, 0.3) is 5.69 Å². The Morgan fingerprint density at radius 3 is 1.54 bits per heavy atom. The average Bonchev–Trinajstić information content (AvgIpc) is 3.15. The maximum Gasteiger partial charge on any atom is 0.411 e. The van der Waals surface area contributed by atoms with Gasteiger partial charge >= 0.3 is 29.8 Å². The molecule has 63 heavy (non-hydrogen) atoms. The molecule has 2 aliphatic heterocycles. The van der Waals surface area contributed by atoms with Crippen molar-refractivity contribution in [2.75, 3.05) is 33.9 Å². The number of Topliss-reactive ketones (excluding diaryl/α,β-unsaturated/α-hetero) is 1. The second-order valence-corrected chi connectivity index (χ2v) is 16.9. The van der Waals surface area contributed by atoms with Crippen molar-refractivity contribution in [2.24, 2.45) is 11.8 Å². The van der Waals surface area contributed by atoms with E-state index in [0.717, 1.165) is 26.4 Å². The van der Waals surface area contributed by atoms with Crippen LogP contribution in [0.25, 0.3) is 0 Å². The zero-order chi connectivity index (χ0) is 48.5. The second-order valence-electron chi connectivity index (χ2n) is 16.9. The van der Waals surface area contributed by atoms with E-state index in [1.165, 1.54) is 9.80 Å². The maximum absolute atomic E-state index is 14.5. The van der Waals surface area contributed by atoms with Crippen molar-refractivity contribution in [1.82, 2.24) is 15.1 Å². The van der Waals surface area contributed by atoms with Crippen molar-refractivity contribution < 1.29 is 70.7 Å². The number of likely N-dealkylation sites (tertiary alicyclic amines) is 1. The Kier molecular flexibility index (Phi) is 18.1. The molecule has 0 bridgehead atoms. The van der Waals surface area contributed by atoms with Crippen LogP contribution in [0.2, 0.25) is 0 Å². The number of methoxy groups -OCH3 is 2. The van der Waals surface area contributed by atoms with Crippen LogP contribution >= 0.6 is 0 Å². The smallest absolute Gasteiger partial charge is 0.411 e. The number of ketones is 1. The van der Waals surface area contributed by atoms with E-state index in [1.807, 2.05) is 34.6 Å². The van der Waals surface area contributed by atoms with Crippen LogP contribution in [0.4, 0.5) is 34.1 Å². The van der Waals surface area contributed by atoms with E-state index in [-0.39, 0.29) is 42.3 Å². The molecule has 0 radical (unpaired) electrons. The van der Waals surface area contributed by atoms with Gasteiger partial charge in [-0.25, -0.2) is 28.0 Å². The highest BCUT2D eigenvalue weighted by molar-refractivity contribution is 5.96. The molecule has 2 aromatic rings. The Labute approximate surface area is 361 Å². The van der Waals surface area contributed by atoms with Crippen LogP contribution < -0.4 is 5.32 Å². The van der Waals surface area contributed by atoms with Gasteiger partial charge in [0.15, 0.2) is 5.78 Å². The van der Waals surface area contributed by atoms with Crippen molar-refractivity contribution >= 4 is 47.2 Å². The third-order valence-corrected chi connectivity index (χ3v) is 9.14. The van der Waals surface area contributed by atoms with E-state index in [9.17, 15) is 62.2 Å². The highest BCUT2D eigenvalue weighted by atomic mass is 19.1. The summed E-state index contributed by atoms with van der Waals surface area (Å²) in [5.41, 5.74) is -4.21. The molecular weight excluding hydrogens is 843 g/mol. The number of carbonyl (C=O) groups is 6. The standard InChI is InChI=1S/C21H27FN2O7.C12H22N2O3.C8H5F2NO4/c1-11(2)17-18(25)12(7-8-23(17)20(27)31-21(3,4)5)13-9-15(22)14(19(26)30-6)10-16(13)24(28)29;1-8(2)9-10(15)13-6-7-14(9)11(16)17-12(3,4)5;1-15-8(12)4-2-7(11(13)14)6(10)3-5(4)9/h9-12,17H,7-8H2,1-6H3;8-9H,6-7H2,1-5H3,(H,13,15);2-3H,1H3/t12?,17-;9-;/m11./s1. The zero-order valence-electron chi connectivity index (χ0n) is 37.2. The van der Waals surface area contributed by atoms with Crippen LogP contribution in [-0.4, -0.2) is 113 Å². The molecule has 2 aliphatic rings. The van der Waals surface area contributed by atoms with Crippen LogP contribution in [0.15, 0.2) is 24.3 Å². The van der Waals surface area contributed by atoms with Crippen molar-refractivity contribution in [1.29, 1.82) is 0 Å². The summed E-state index contributed by atoms with van der Waals surface area (Å²) in [5.74, 6) is -7.51. The maximum atomic E-state index is 14.5. The summed E-state index contributed by atoms with van der Waals surface area (Å²) in [4.78, 5) is 95.3. The summed E-state index contributed by atoms with van der Waals surface area (Å²) < 4.78 is 59.7. The van der Waals surface area contributed by atoms with Gasteiger partial charge in [-0.2, -0.15) is 4.39 Å². The van der Waals surface area contributed by atoms with Crippen LogP contribution in [0.3, 0.4) is 0 Å². The first-order valence-electron chi connectivity index (χ1n) is 19.6. The molecule has 3 atom stereocenters. The number of benzene rings is 2. The Bertz CT molecular complexity index is 2080. The first-order chi connectivity index (χ1) is 29.0. The van der Waals surface area contributed by atoms with E-state index >= 15 is 0 Å². The quantitative estimate of drug-likeness (QED) is 0.129. The number of carbonyl (C=O) groups excluding carboxylic acids is 6. The molecule has 19 nitrogen and oxygen atoms in total. The molecule has 0 aliphatic carbocycles. The SMILES string of the molecule is CC(C)[C@@H]1C(=O)NCCN1C(=O)OC(C)(C)C.COC(=O)c1cc([N+](=O)[O-])c(C2CCN(C(=O)OC(C)(C)C)[C@H](C(C)C)C2=O)cc1F.COC(=O)c1cc([N+](=O)[O-])c(F)cc1F. The summed E-state index contributed by atoms with van der Waals surface area (Å²) >= 11 is 0.